The van der Waals surface area contributed by atoms with Crippen molar-refractivity contribution in [2.75, 3.05) is 18.0 Å². The van der Waals surface area contributed by atoms with Crippen LogP contribution in [0.1, 0.15) is 45.2 Å². The number of nitrogens with one attached hydrogen (secondary N) is 1. The standard InChI is InChI=1S/C14H24N4/c1-3-5-10-18(13-7-8-13)14-9-6-12(16-17-14)11-15-4-2/h6,9,13,15H,3-5,7-8,10-11H2,1-2H3. The lowest BCUT2D eigenvalue weighted by molar-refractivity contribution is 0.679. The van der Waals surface area contributed by atoms with E-state index in [0.717, 1.165) is 31.1 Å². The molecule has 0 saturated heterocycles. The maximum Gasteiger partial charge on any atom is 0.151 e. The van der Waals surface area contributed by atoms with E-state index in [4.69, 9.17) is 0 Å². The van der Waals surface area contributed by atoms with Gasteiger partial charge in [0.05, 0.1) is 5.69 Å². The Labute approximate surface area is 110 Å². The van der Waals surface area contributed by atoms with E-state index in [0.29, 0.717) is 6.04 Å². The van der Waals surface area contributed by atoms with E-state index in [9.17, 15) is 0 Å². The van der Waals surface area contributed by atoms with Crippen molar-refractivity contribution < 1.29 is 0 Å². The van der Waals surface area contributed by atoms with Gasteiger partial charge < -0.3 is 10.2 Å². The molecule has 0 aromatic carbocycles. The Balaban J connectivity index is 1.96. The highest BCUT2D eigenvalue weighted by Gasteiger charge is 2.29. The first-order valence-electron chi connectivity index (χ1n) is 7.15. The average molecular weight is 248 g/mol. The van der Waals surface area contributed by atoms with Crippen LogP contribution in [0.3, 0.4) is 0 Å². The maximum absolute atomic E-state index is 4.38. The first-order chi connectivity index (χ1) is 8.85. The minimum Gasteiger partial charge on any atom is -0.352 e. The van der Waals surface area contributed by atoms with E-state index in [1.807, 2.05) is 0 Å². The van der Waals surface area contributed by atoms with Crippen LogP contribution in [0.5, 0.6) is 0 Å². The Morgan fingerprint density at radius 2 is 2.11 bits per heavy atom. The summed E-state index contributed by atoms with van der Waals surface area (Å²) in [5, 5.41) is 11.9. The van der Waals surface area contributed by atoms with Crippen LogP contribution in [0.25, 0.3) is 0 Å². The van der Waals surface area contributed by atoms with Crippen LogP contribution in [0.4, 0.5) is 5.82 Å². The third-order valence-corrected chi connectivity index (χ3v) is 3.30. The van der Waals surface area contributed by atoms with E-state index < -0.39 is 0 Å². The summed E-state index contributed by atoms with van der Waals surface area (Å²) < 4.78 is 0. The highest BCUT2D eigenvalue weighted by atomic mass is 15.3. The zero-order valence-electron chi connectivity index (χ0n) is 11.5. The van der Waals surface area contributed by atoms with Gasteiger partial charge >= 0.3 is 0 Å². The second kappa shape index (κ2) is 6.69. The lowest BCUT2D eigenvalue weighted by Crippen LogP contribution is -2.28. The summed E-state index contributed by atoms with van der Waals surface area (Å²) in [5.74, 6) is 1.05. The Morgan fingerprint density at radius 1 is 1.28 bits per heavy atom. The molecular formula is C14H24N4. The molecule has 1 aromatic heterocycles. The van der Waals surface area contributed by atoms with Crippen molar-refractivity contribution in [3.05, 3.63) is 17.8 Å². The van der Waals surface area contributed by atoms with Crippen LogP contribution in [0.15, 0.2) is 12.1 Å². The molecule has 0 unspecified atom stereocenters. The number of hydrogen-bond acceptors (Lipinski definition) is 4. The van der Waals surface area contributed by atoms with Crippen molar-refractivity contribution in [2.45, 2.75) is 52.1 Å². The first-order valence-corrected chi connectivity index (χ1v) is 7.15. The third kappa shape index (κ3) is 3.67. The second-order valence-corrected chi connectivity index (χ2v) is 4.94. The molecule has 18 heavy (non-hydrogen) atoms. The highest BCUT2D eigenvalue weighted by Crippen LogP contribution is 2.30. The van der Waals surface area contributed by atoms with Crippen molar-refractivity contribution >= 4 is 5.82 Å². The van der Waals surface area contributed by atoms with E-state index in [1.165, 1.54) is 25.7 Å². The van der Waals surface area contributed by atoms with Gasteiger partial charge in [0.2, 0.25) is 0 Å². The van der Waals surface area contributed by atoms with E-state index >= 15 is 0 Å². The predicted octanol–water partition coefficient (Wildman–Crippen LogP) is 2.36. The van der Waals surface area contributed by atoms with Gasteiger partial charge in [0.1, 0.15) is 0 Å². The molecule has 1 N–H and O–H groups in total. The zero-order valence-corrected chi connectivity index (χ0v) is 11.5. The largest absolute Gasteiger partial charge is 0.352 e. The van der Waals surface area contributed by atoms with E-state index in [-0.39, 0.29) is 0 Å². The number of unbranched alkanes of at least 4 members (excludes halogenated alkanes) is 1. The number of hydrogen-bond donors (Lipinski definition) is 1. The van der Waals surface area contributed by atoms with Crippen molar-refractivity contribution in [1.82, 2.24) is 15.5 Å². The summed E-state index contributed by atoms with van der Waals surface area (Å²) in [5.41, 5.74) is 1.02. The Kier molecular flexibility index (Phi) is 4.93. The molecule has 2 rings (SSSR count). The van der Waals surface area contributed by atoms with Crippen LogP contribution in [0.2, 0.25) is 0 Å². The molecular weight excluding hydrogens is 224 g/mol. The lowest BCUT2D eigenvalue weighted by atomic mass is 10.3. The fourth-order valence-corrected chi connectivity index (χ4v) is 2.05. The monoisotopic (exact) mass is 248 g/mol. The van der Waals surface area contributed by atoms with Crippen LogP contribution < -0.4 is 10.2 Å². The van der Waals surface area contributed by atoms with Gasteiger partial charge in [-0.25, -0.2) is 0 Å². The third-order valence-electron chi connectivity index (χ3n) is 3.30. The number of nitrogens with zero attached hydrogens (tertiary/aromatic N) is 3. The molecule has 1 saturated carbocycles. The lowest BCUT2D eigenvalue weighted by Gasteiger charge is -2.22. The summed E-state index contributed by atoms with van der Waals surface area (Å²) in [7, 11) is 0. The number of anilines is 1. The topological polar surface area (TPSA) is 41.0 Å². The molecule has 0 spiro atoms. The SMILES string of the molecule is CCCCN(c1ccc(CNCC)nn1)C1CC1. The first kappa shape index (κ1) is 13.3. The molecule has 0 radical (unpaired) electrons. The summed E-state index contributed by atoms with van der Waals surface area (Å²) in [4.78, 5) is 2.42. The molecule has 4 nitrogen and oxygen atoms in total. The summed E-state index contributed by atoms with van der Waals surface area (Å²) >= 11 is 0. The van der Waals surface area contributed by atoms with Gasteiger partial charge in [-0.3, -0.25) is 0 Å². The molecule has 0 amide bonds. The minimum atomic E-state index is 0.713. The molecule has 100 valence electrons. The fourth-order valence-electron chi connectivity index (χ4n) is 2.05. The van der Waals surface area contributed by atoms with Crippen molar-refractivity contribution in [2.24, 2.45) is 0 Å². The zero-order chi connectivity index (χ0) is 12.8. The van der Waals surface area contributed by atoms with Crippen LogP contribution in [-0.2, 0) is 6.54 Å². The normalized spacial score (nSPS) is 14.8. The van der Waals surface area contributed by atoms with Crippen LogP contribution >= 0.6 is 0 Å². The van der Waals surface area contributed by atoms with Gasteiger partial charge in [0, 0.05) is 19.1 Å². The molecule has 1 fully saturated rings. The van der Waals surface area contributed by atoms with Gasteiger partial charge in [0.25, 0.3) is 0 Å². The quantitative estimate of drug-likeness (QED) is 0.767. The Hall–Kier alpha value is -1.16. The molecule has 1 aromatic rings. The summed E-state index contributed by atoms with van der Waals surface area (Å²) in [6.45, 7) is 7.22. The van der Waals surface area contributed by atoms with Gasteiger partial charge in [-0.1, -0.05) is 20.3 Å². The van der Waals surface area contributed by atoms with Gasteiger partial charge in [0.15, 0.2) is 5.82 Å². The Morgan fingerprint density at radius 3 is 2.67 bits per heavy atom. The molecule has 0 aliphatic heterocycles. The van der Waals surface area contributed by atoms with Crippen molar-refractivity contribution in [3.63, 3.8) is 0 Å². The molecule has 1 aliphatic rings. The molecule has 1 aliphatic carbocycles. The summed E-state index contributed by atoms with van der Waals surface area (Å²) in [6.07, 6.45) is 5.08. The number of aromatic nitrogens is 2. The van der Waals surface area contributed by atoms with Crippen LogP contribution in [-0.4, -0.2) is 29.3 Å². The van der Waals surface area contributed by atoms with E-state index in [1.54, 1.807) is 0 Å². The fraction of sp³-hybridized carbons (Fsp3) is 0.714. The minimum absolute atomic E-state index is 0.713. The predicted molar refractivity (Wildman–Crippen MR) is 74.7 cm³/mol. The highest BCUT2D eigenvalue weighted by molar-refractivity contribution is 5.40. The molecule has 1 heterocycles. The average Bonchev–Trinajstić information content (AvgIpc) is 3.23. The van der Waals surface area contributed by atoms with Crippen LogP contribution in [0, 0.1) is 0 Å². The molecule has 0 atom stereocenters. The summed E-state index contributed by atoms with van der Waals surface area (Å²) in [6, 6.07) is 4.92. The van der Waals surface area contributed by atoms with Crippen molar-refractivity contribution in [1.29, 1.82) is 0 Å². The van der Waals surface area contributed by atoms with Gasteiger partial charge in [-0.05, 0) is 37.9 Å². The second-order valence-electron chi connectivity index (χ2n) is 4.94. The van der Waals surface area contributed by atoms with Crippen molar-refractivity contribution in [3.8, 4) is 0 Å². The Bertz CT molecular complexity index is 345. The van der Waals surface area contributed by atoms with E-state index in [2.05, 4.69) is 46.4 Å². The smallest absolute Gasteiger partial charge is 0.151 e. The van der Waals surface area contributed by atoms with Gasteiger partial charge in [-0.15, -0.1) is 5.10 Å². The number of rotatable bonds is 8. The molecule has 0 bridgehead atoms. The van der Waals surface area contributed by atoms with Gasteiger partial charge in [-0.2, -0.15) is 5.10 Å². The molecule has 4 heteroatoms. The maximum atomic E-state index is 4.38.